The summed E-state index contributed by atoms with van der Waals surface area (Å²) in [5.74, 6) is -0.885. The minimum absolute atomic E-state index is 0.0456. The van der Waals surface area contributed by atoms with Gasteiger partial charge in [-0.25, -0.2) is 9.59 Å². The summed E-state index contributed by atoms with van der Waals surface area (Å²) in [5.41, 5.74) is 6.91. The van der Waals surface area contributed by atoms with Gasteiger partial charge in [-0.2, -0.15) is 0 Å². The third kappa shape index (κ3) is 26.4. The minimum Gasteiger partial charge on any atom is -0.455 e. The van der Waals surface area contributed by atoms with E-state index in [4.69, 9.17) is 9.47 Å². The van der Waals surface area contributed by atoms with Crippen molar-refractivity contribution in [2.24, 2.45) is 47.3 Å². The Morgan fingerprint density at radius 2 is 0.972 bits per heavy atom. The highest BCUT2D eigenvalue weighted by atomic mass is 16.5. The molecular weight excluding hydrogens is 885 g/mol. The molecule has 2 aliphatic rings. The predicted octanol–water partition coefficient (Wildman–Crippen LogP) is 14.6. The van der Waals surface area contributed by atoms with Crippen LogP contribution in [0.5, 0.6) is 0 Å². The number of esters is 2. The molecule has 8 nitrogen and oxygen atoms in total. The summed E-state index contributed by atoms with van der Waals surface area (Å²) in [6.07, 6.45) is 39.6. The van der Waals surface area contributed by atoms with Crippen molar-refractivity contribution < 1.29 is 38.9 Å². The molecule has 0 bridgehead atoms. The Labute approximate surface area is 431 Å². The Balaban J connectivity index is 0.000000710. The highest BCUT2D eigenvalue weighted by molar-refractivity contribution is 5.86. The van der Waals surface area contributed by atoms with E-state index in [1.54, 1.807) is 0 Å². The number of aliphatic hydroxyl groups is 2. The summed E-state index contributed by atoms with van der Waals surface area (Å²) < 4.78 is 10.5. The maximum Gasteiger partial charge on any atom is 0.331 e. The van der Waals surface area contributed by atoms with E-state index < -0.39 is 24.0 Å². The number of aliphatic hydroxyl groups excluding tert-OH is 2. The highest BCUT2D eigenvalue weighted by Crippen LogP contribution is 2.26. The number of hydrogen-bond acceptors (Lipinski definition) is 8. The summed E-state index contributed by atoms with van der Waals surface area (Å²) in [4.78, 5) is 48.5. The van der Waals surface area contributed by atoms with Gasteiger partial charge in [-0.05, 0) is 116 Å². The monoisotopic (exact) mass is 979 g/mol. The number of rotatable bonds is 27. The highest BCUT2D eigenvalue weighted by Gasteiger charge is 2.30. The zero-order chi connectivity index (χ0) is 53.8. The molecule has 0 radical (unpaired) electrons. The number of carbonyl (C=O) groups excluding carboxylic acids is 4. The molecule has 2 N–H and O–H groups in total. The third-order valence-corrected chi connectivity index (χ3v) is 13.4. The van der Waals surface area contributed by atoms with Gasteiger partial charge < -0.3 is 19.7 Å². The van der Waals surface area contributed by atoms with Gasteiger partial charge in [0.05, 0.1) is 12.2 Å². The van der Waals surface area contributed by atoms with Crippen LogP contribution in [-0.4, -0.2) is 58.1 Å². The van der Waals surface area contributed by atoms with Crippen LogP contribution in [0.4, 0.5) is 0 Å². The van der Waals surface area contributed by atoms with Crippen molar-refractivity contribution in [3.63, 3.8) is 0 Å². The fourth-order valence-corrected chi connectivity index (χ4v) is 8.74. The van der Waals surface area contributed by atoms with Crippen molar-refractivity contribution in [3.8, 4) is 0 Å². The summed E-state index contributed by atoms with van der Waals surface area (Å²) in [7, 11) is 0. The van der Waals surface area contributed by atoms with Gasteiger partial charge in [0.1, 0.15) is 23.8 Å². The van der Waals surface area contributed by atoms with Gasteiger partial charge in [-0.15, -0.1) is 0 Å². The Hall–Kier alpha value is -4.92. The van der Waals surface area contributed by atoms with Crippen LogP contribution < -0.4 is 0 Å². The van der Waals surface area contributed by atoms with Gasteiger partial charge in [-0.1, -0.05) is 181 Å². The first-order valence-corrected chi connectivity index (χ1v) is 26.3. The van der Waals surface area contributed by atoms with E-state index in [-0.39, 0.29) is 59.4 Å². The smallest absolute Gasteiger partial charge is 0.331 e. The second-order valence-electron chi connectivity index (χ2n) is 20.6. The average Bonchev–Trinajstić information content (AvgIpc) is 3.32. The van der Waals surface area contributed by atoms with Gasteiger partial charge in [0, 0.05) is 48.7 Å². The number of carbonyl (C=O) groups is 4. The molecule has 0 saturated heterocycles. The number of allylic oxidation sites excluding steroid dienone is 18. The van der Waals surface area contributed by atoms with Crippen LogP contribution in [0.15, 0.2) is 143 Å². The number of cyclic esters (lactones) is 2. The van der Waals surface area contributed by atoms with Crippen LogP contribution in [0.2, 0.25) is 0 Å². The lowest BCUT2D eigenvalue weighted by molar-refractivity contribution is -0.142. The van der Waals surface area contributed by atoms with Gasteiger partial charge in [-0.3, -0.25) is 9.59 Å². The van der Waals surface area contributed by atoms with E-state index in [1.807, 2.05) is 119 Å². The molecule has 0 aromatic heterocycles. The van der Waals surface area contributed by atoms with Crippen molar-refractivity contribution in [2.75, 3.05) is 0 Å². The molecule has 71 heavy (non-hydrogen) atoms. The predicted molar refractivity (Wildman–Crippen MR) is 296 cm³/mol. The molecule has 8 heteroatoms. The first-order valence-electron chi connectivity index (χ1n) is 26.3. The lowest BCUT2D eigenvalue weighted by Gasteiger charge is -2.25. The van der Waals surface area contributed by atoms with E-state index in [0.29, 0.717) is 18.3 Å². The summed E-state index contributed by atoms with van der Waals surface area (Å²) in [6.45, 7) is 32.2. The van der Waals surface area contributed by atoms with E-state index in [0.717, 1.165) is 55.2 Å². The molecule has 0 fully saturated rings. The molecule has 0 spiro atoms. The maximum absolute atomic E-state index is 12.9. The summed E-state index contributed by atoms with van der Waals surface area (Å²) >= 11 is 0. The van der Waals surface area contributed by atoms with Gasteiger partial charge in [0.15, 0.2) is 0 Å². The normalized spacial score (nSPS) is 22.1. The van der Waals surface area contributed by atoms with Crippen molar-refractivity contribution in [1.82, 2.24) is 0 Å². The molecular formula is C63H94O8. The minimum atomic E-state index is -0.643. The lowest BCUT2D eigenvalue weighted by atomic mass is 9.83. The zero-order valence-corrected chi connectivity index (χ0v) is 46.6. The SMILES string of the molecule is C/C=C(\C)CC(C)C(O)C(C)C(=O)C(C)/C=C(C)/C=C/CC(C)/C=C(C)\C=C\C1CC=CC(=O)O1.C/C=C(\C)CC(C)C(O)C(C)C(=O)C(C)/C=C(C)/C=C/CC(C)/C=C(\C=C\C1CC=CC(=O)O1)CC. The van der Waals surface area contributed by atoms with Crippen LogP contribution in [0, 0.1) is 47.3 Å². The molecule has 0 amide bonds. The standard InChI is InChI=1S/C32H48O4.C31H46O4/c1-9-22(3)19-25(6)31(34)27(8)32(35)26(7)20-23(4)13-11-14-24(5)21-28(10-2)17-18-29-15-12-16-30(33)36-29;1-9-21(2)19-25(6)30(33)27(8)31(34)26(7)20-23(4)13-10-12-22(3)18-24(5)16-17-28-14-11-15-29(32)35-28/h9,11-13,16-18,20-21,24-27,29,31,34H,10,14-15,19H2,1-8H3;9-11,13,15-18,20,22,25-28,30,33H,12,14,19H2,1-8H3/b13-11+,18-17+,22-9+,23-20+,28-21-;13-10+,17-16+,21-9+,23-20+,24-18-. The topological polar surface area (TPSA) is 127 Å². The van der Waals surface area contributed by atoms with E-state index >= 15 is 0 Å². The van der Waals surface area contributed by atoms with E-state index in [2.05, 4.69) is 89.3 Å². The Kier molecular flexibility index (Phi) is 31.1. The van der Waals surface area contributed by atoms with Crippen molar-refractivity contribution in [2.45, 2.75) is 180 Å². The summed E-state index contributed by atoms with van der Waals surface area (Å²) in [6, 6.07) is 0. The summed E-state index contributed by atoms with van der Waals surface area (Å²) in [5, 5.41) is 21.3. The van der Waals surface area contributed by atoms with Crippen LogP contribution >= 0.6 is 0 Å². The quantitative estimate of drug-likeness (QED) is 0.0473. The zero-order valence-electron chi connectivity index (χ0n) is 46.6. The van der Waals surface area contributed by atoms with Crippen molar-refractivity contribution in [3.05, 3.63) is 143 Å². The molecule has 12 atom stereocenters. The van der Waals surface area contributed by atoms with E-state index in [9.17, 15) is 29.4 Å². The third-order valence-electron chi connectivity index (χ3n) is 13.4. The average molecular weight is 979 g/mol. The first kappa shape index (κ1) is 64.1. The van der Waals surface area contributed by atoms with E-state index in [1.165, 1.54) is 28.9 Å². The van der Waals surface area contributed by atoms with Gasteiger partial charge in [0.2, 0.25) is 0 Å². The fraction of sp³-hybridized carbons (Fsp3) is 0.556. The largest absolute Gasteiger partial charge is 0.455 e. The van der Waals surface area contributed by atoms with Gasteiger partial charge >= 0.3 is 11.9 Å². The van der Waals surface area contributed by atoms with Crippen LogP contribution in [0.3, 0.4) is 0 Å². The van der Waals surface area contributed by atoms with Gasteiger partial charge in [0.25, 0.3) is 0 Å². The fourth-order valence-electron chi connectivity index (χ4n) is 8.74. The van der Waals surface area contributed by atoms with Crippen LogP contribution in [0.1, 0.15) is 156 Å². The number of hydrogen-bond donors (Lipinski definition) is 2. The number of ketones is 2. The molecule has 394 valence electrons. The Bertz CT molecular complexity index is 2080. The van der Waals surface area contributed by atoms with Crippen LogP contribution in [0.25, 0.3) is 0 Å². The molecule has 2 rings (SSSR count). The van der Waals surface area contributed by atoms with Crippen molar-refractivity contribution >= 4 is 23.5 Å². The molecule has 0 saturated carbocycles. The Morgan fingerprint density at radius 3 is 1.35 bits per heavy atom. The molecule has 0 aromatic rings. The lowest BCUT2D eigenvalue weighted by Crippen LogP contribution is -2.34. The second-order valence-corrected chi connectivity index (χ2v) is 20.6. The molecule has 2 aliphatic heterocycles. The maximum atomic E-state index is 12.9. The molecule has 2 heterocycles. The first-order chi connectivity index (χ1) is 33.4. The number of Topliss-reactive ketones (excluding diaryl/α,β-unsaturated/α-hetero) is 2. The van der Waals surface area contributed by atoms with Crippen LogP contribution in [-0.2, 0) is 28.7 Å². The van der Waals surface area contributed by atoms with Crippen molar-refractivity contribution in [1.29, 1.82) is 0 Å². The molecule has 12 unspecified atom stereocenters. The molecule has 0 aliphatic carbocycles. The molecule has 0 aromatic carbocycles. The number of ether oxygens (including phenoxy) is 2. The Morgan fingerprint density at radius 1 is 0.592 bits per heavy atom. The second kappa shape index (κ2) is 34.4.